The summed E-state index contributed by atoms with van der Waals surface area (Å²) in [5.74, 6) is 0.525. The fourth-order valence-corrected chi connectivity index (χ4v) is 5.98. The van der Waals surface area contributed by atoms with Crippen LogP contribution < -0.4 is 0 Å². The van der Waals surface area contributed by atoms with Gasteiger partial charge < -0.3 is 0 Å². The van der Waals surface area contributed by atoms with Crippen LogP contribution in [0.25, 0.3) is 0 Å². The number of aryl methyl sites for hydroxylation is 2. The van der Waals surface area contributed by atoms with Crippen molar-refractivity contribution in [1.29, 1.82) is 0 Å². The van der Waals surface area contributed by atoms with Crippen LogP contribution in [0.2, 0.25) is 0 Å². The van der Waals surface area contributed by atoms with Crippen LogP contribution in [0.15, 0.2) is 24.3 Å². The van der Waals surface area contributed by atoms with Crippen molar-refractivity contribution in [3.8, 4) is 0 Å². The number of carbonyl (C=O) groups is 1. The van der Waals surface area contributed by atoms with Crippen LogP contribution in [-0.2, 0) is 17.6 Å². The first kappa shape index (κ1) is 16.1. The van der Waals surface area contributed by atoms with Gasteiger partial charge >= 0.3 is 0 Å². The van der Waals surface area contributed by atoms with Crippen molar-refractivity contribution < 1.29 is 4.79 Å². The van der Waals surface area contributed by atoms with Gasteiger partial charge in [-0.25, -0.2) is 0 Å². The van der Waals surface area contributed by atoms with Gasteiger partial charge in [0.2, 0.25) is 0 Å². The Balaban J connectivity index is 1.37. The van der Waals surface area contributed by atoms with E-state index in [0.717, 1.165) is 19.3 Å². The molecule has 2 heteroatoms. The molecular formula is C20H28OS. The number of benzene rings is 1. The lowest BCUT2D eigenvalue weighted by atomic mass is 9.92. The van der Waals surface area contributed by atoms with Gasteiger partial charge in [0, 0.05) is 22.8 Å². The van der Waals surface area contributed by atoms with Crippen LogP contribution in [0.1, 0.15) is 69.4 Å². The maximum absolute atomic E-state index is 11.8. The number of hydrogen-bond donors (Lipinski definition) is 0. The van der Waals surface area contributed by atoms with E-state index in [1.807, 2.05) is 0 Å². The summed E-state index contributed by atoms with van der Waals surface area (Å²) in [7, 11) is 0. The maximum atomic E-state index is 11.8. The standard InChI is InChI=1S/C20H28OS/c1-2-16-7-9-17(10-8-16)6-4-3-5-12-20-13-11-19(22-20)14-18(21)15-20/h7-10,19H,2-6,11-15H2,1H3. The Labute approximate surface area is 139 Å². The number of unbranched alkanes of at least 4 members (excludes halogenated alkanes) is 2. The molecule has 2 fully saturated rings. The lowest BCUT2D eigenvalue weighted by molar-refractivity contribution is -0.119. The monoisotopic (exact) mass is 316 g/mol. The van der Waals surface area contributed by atoms with Gasteiger partial charge in [-0.1, -0.05) is 44.0 Å². The average Bonchev–Trinajstić information content (AvgIpc) is 2.83. The van der Waals surface area contributed by atoms with E-state index in [-0.39, 0.29) is 0 Å². The van der Waals surface area contributed by atoms with Gasteiger partial charge in [-0.2, -0.15) is 11.8 Å². The normalized spacial score (nSPS) is 27.3. The molecule has 0 aromatic heterocycles. The Morgan fingerprint density at radius 3 is 2.68 bits per heavy atom. The number of thioether (sulfide) groups is 1. The summed E-state index contributed by atoms with van der Waals surface area (Å²) < 4.78 is 0.336. The van der Waals surface area contributed by atoms with Crippen LogP contribution in [-0.4, -0.2) is 15.8 Å². The van der Waals surface area contributed by atoms with E-state index in [1.165, 1.54) is 56.1 Å². The third-order valence-corrected chi connectivity index (χ3v) is 7.13. The van der Waals surface area contributed by atoms with Crippen molar-refractivity contribution in [3.05, 3.63) is 35.4 Å². The van der Waals surface area contributed by atoms with Crippen molar-refractivity contribution in [3.63, 3.8) is 0 Å². The Kier molecular flexibility index (Phi) is 5.28. The molecular weight excluding hydrogens is 288 g/mol. The topological polar surface area (TPSA) is 17.1 Å². The lowest BCUT2D eigenvalue weighted by Gasteiger charge is -2.31. The highest BCUT2D eigenvalue weighted by Gasteiger charge is 2.45. The molecule has 0 amide bonds. The molecule has 0 N–H and O–H groups in total. The average molecular weight is 317 g/mol. The van der Waals surface area contributed by atoms with Gasteiger partial charge in [-0.15, -0.1) is 0 Å². The van der Waals surface area contributed by atoms with Crippen molar-refractivity contribution in [2.75, 3.05) is 0 Å². The summed E-state index contributed by atoms with van der Waals surface area (Å²) in [5, 5.41) is 0.651. The Morgan fingerprint density at radius 2 is 1.91 bits per heavy atom. The van der Waals surface area contributed by atoms with E-state index in [9.17, 15) is 4.79 Å². The maximum Gasteiger partial charge on any atom is 0.135 e. The molecule has 2 aliphatic heterocycles. The summed E-state index contributed by atoms with van der Waals surface area (Å²) in [4.78, 5) is 11.8. The molecule has 1 aromatic carbocycles. The van der Waals surface area contributed by atoms with E-state index < -0.39 is 0 Å². The highest BCUT2D eigenvalue weighted by molar-refractivity contribution is 8.01. The number of rotatable bonds is 7. The molecule has 1 aromatic rings. The summed E-state index contributed by atoms with van der Waals surface area (Å²) in [6, 6.07) is 9.10. The largest absolute Gasteiger partial charge is 0.300 e. The Bertz CT molecular complexity index is 507. The van der Waals surface area contributed by atoms with Crippen LogP contribution >= 0.6 is 11.8 Å². The predicted octanol–water partition coefficient (Wildman–Crippen LogP) is 5.35. The SMILES string of the molecule is CCc1ccc(CCCCCC23CCC(CC(=O)C2)S3)cc1. The van der Waals surface area contributed by atoms with E-state index in [4.69, 9.17) is 0 Å². The minimum Gasteiger partial charge on any atom is -0.300 e. The van der Waals surface area contributed by atoms with Crippen LogP contribution in [0.5, 0.6) is 0 Å². The molecule has 0 radical (unpaired) electrons. The van der Waals surface area contributed by atoms with Crippen molar-refractivity contribution in [1.82, 2.24) is 0 Å². The quantitative estimate of drug-likeness (QED) is 0.631. The van der Waals surface area contributed by atoms with Gasteiger partial charge in [-0.3, -0.25) is 4.79 Å². The molecule has 1 nitrogen and oxygen atoms in total. The summed E-state index contributed by atoms with van der Waals surface area (Å²) >= 11 is 2.14. The lowest BCUT2D eigenvalue weighted by Crippen LogP contribution is -2.29. The fourth-order valence-electron chi connectivity index (χ4n) is 4.02. The second-order valence-corrected chi connectivity index (χ2v) is 8.88. The van der Waals surface area contributed by atoms with Gasteiger partial charge in [0.1, 0.15) is 5.78 Å². The number of fused-ring (bicyclic) bond motifs is 2. The van der Waals surface area contributed by atoms with Crippen molar-refractivity contribution in [2.45, 2.75) is 81.1 Å². The van der Waals surface area contributed by atoms with Gasteiger partial charge in [0.05, 0.1) is 0 Å². The second kappa shape index (κ2) is 7.21. The number of hydrogen-bond acceptors (Lipinski definition) is 2. The molecule has 22 heavy (non-hydrogen) atoms. The molecule has 0 saturated carbocycles. The van der Waals surface area contributed by atoms with Crippen LogP contribution in [0, 0.1) is 0 Å². The zero-order valence-corrected chi connectivity index (χ0v) is 14.6. The second-order valence-electron chi connectivity index (χ2n) is 7.11. The number of carbonyl (C=O) groups excluding carboxylic acids is 1. The minimum atomic E-state index is 0.336. The zero-order chi connectivity index (χ0) is 15.4. The highest BCUT2D eigenvalue weighted by Crippen LogP contribution is 2.53. The Hall–Kier alpha value is -0.760. The van der Waals surface area contributed by atoms with Crippen molar-refractivity contribution >= 4 is 17.5 Å². The third kappa shape index (κ3) is 3.95. The van der Waals surface area contributed by atoms with Gasteiger partial charge in [0.15, 0.2) is 0 Å². The smallest absolute Gasteiger partial charge is 0.135 e. The summed E-state index contributed by atoms with van der Waals surface area (Å²) in [5.41, 5.74) is 2.90. The molecule has 0 aliphatic carbocycles. The molecule has 2 heterocycles. The predicted molar refractivity (Wildman–Crippen MR) is 95.6 cm³/mol. The summed E-state index contributed by atoms with van der Waals surface area (Å²) in [6.07, 6.45) is 11.7. The molecule has 3 rings (SSSR count). The van der Waals surface area contributed by atoms with E-state index >= 15 is 0 Å². The third-order valence-electron chi connectivity index (χ3n) is 5.34. The number of ketones is 1. The first-order valence-corrected chi connectivity index (χ1v) is 9.84. The zero-order valence-electron chi connectivity index (χ0n) is 13.8. The van der Waals surface area contributed by atoms with E-state index in [2.05, 4.69) is 43.0 Å². The molecule has 2 unspecified atom stereocenters. The molecule has 0 spiro atoms. The highest BCUT2D eigenvalue weighted by atomic mass is 32.2. The molecule has 2 saturated heterocycles. The first-order valence-electron chi connectivity index (χ1n) is 8.96. The number of Topliss-reactive ketones (excluding diaryl/α,β-unsaturated/α-hetero) is 1. The van der Waals surface area contributed by atoms with E-state index in [0.29, 0.717) is 15.8 Å². The molecule has 2 aliphatic rings. The van der Waals surface area contributed by atoms with Gasteiger partial charge in [0.25, 0.3) is 0 Å². The van der Waals surface area contributed by atoms with Crippen molar-refractivity contribution in [2.24, 2.45) is 0 Å². The van der Waals surface area contributed by atoms with Crippen LogP contribution in [0.4, 0.5) is 0 Å². The molecule has 120 valence electrons. The first-order chi connectivity index (χ1) is 10.7. The Morgan fingerprint density at radius 1 is 1.14 bits per heavy atom. The molecule has 2 bridgehead atoms. The minimum absolute atomic E-state index is 0.336. The van der Waals surface area contributed by atoms with E-state index in [1.54, 1.807) is 0 Å². The van der Waals surface area contributed by atoms with Crippen LogP contribution in [0.3, 0.4) is 0 Å². The van der Waals surface area contributed by atoms with Gasteiger partial charge in [-0.05, 0) is 49.7 Å². The molecule has 2 atom stereocenters. The fraction of sp³-hybridized carbons (Fsp3) is 0.650. The summed E-state index contributed by atoms with van der Waals surface area (Å²) in [6.45, 7) is 2.20.